The van der Waals surface area contributed by atoms with Gasteiger partial charge in [0.1, 0.15) is 18.2 Å². The van der Waals surface area contributed by atoms with E-state index in [4.69, 9.17) is 14.2 Å². The Hall–Kier alpha value is -5.85. The number of nitrogens with zero attached hydrogens (tertiary/aromatic N) is 2. The molecule has 2 amide bonds. The molecule has 0 bridgehead atoms. The number of fused-ring (bicyclic) bond motifs is 1. The lowest BCUT2D eigenvalue weighted by Crippen LogP contribution is -2.42. The number of ether oxygens (including phenoxy) is 3. The zero-order valence-electron chi connectivity index (χ0n) is 30.1. The Kier molecular flexibility index (Phi) is 12.9. The summed E-state index contributed by atoms with van der Waals surface area (Å²) in [5.41, 5.74) is 5.41. The van der Waals surface area contributed by atoms with Gasteiger partial charge in [-0.3, -0.25) is 0 Å². The Labute approximate surface area is 306 Å². The molecule has 9 heteroatoms. The molecule has 0 fully saturated rings. The van der Waals surface area contributed by atoms with Crippen molar-refractivity contribution in [2.24, 2.45) is 0 Å². The molecule has 1 aliphatic rings. The summed E-state index contributed by atoms with van der Waals surface area (Å²) in [7, 11) is 1.37. The summed E-state index contributed by atoms with van der Waals surface area (Å²) >= 11 is 0. The number of carbonyl (C=O) groups excluding carboxylic acids is 3. The fourth-order valence-corrected chi connectivity index (χ4v) is 5.73. The molecular formula is C43H45N3O6. The summed E-state index contributed by atoms with van der Waals surface area (Å²) in [6.07, 6.45) is 1.03. The van der Waals surface area contributed by atoms with Crippen LogP contribution in [0, 0.1) is 11.8 Å². The van der Waals surface area contributed by atoms with Crippen molar-refractivity contribution in [1.29, 1.82) is 0 Å². The fourth-order valence-electron chi connectivity index (χ4n) is 5.73. The molecule has 5 rings (SSSR count). The van der Waals surface area contributed by atoms with Crippen molar-refractivity contribution in [3.05, 3.63) is 143 Å². The van der Waals surface area contributed by atoms with Gasteiger partial charge in [-0.05, 0) is 79.8 Å². The van der Waals surface area contributed by atoms with Gasteiger partial charge in [-0.2, -0.15) is 0 Å². The van der Waals surface area contributed by atoms with Crippen LogP contribution in [0.1, 0.15) is 59.8 Å². The summed E-state index contributed by atoms with van der Waals surface area (Å²) in [4.78, 5) is 42.2. The van der Waals surface area contributed by atoms with Crippen molar-refractivity contribution in [3.63, 3.8) is 0 Å². The standard InChI is InChI=1S/C43H45N3O6/c1-43(2,3)52-42(49)45(41(48)51-31-34-19-12-7-13-20-34)26-14-21-38-35(24-25-44-29-32-15-8-5-9-16-32)27-37-28-36(40(47)50-4)22-23-39(37)46(38)30-33-17-10-6-11-18-33/h5-13,15-20,22-23,27-28,38,44H,24-26,29-31H2,1-4H3. The number of carbonyl (C=O) groups is 3. The van der Waals surface area contributed by atoms with Crippen LogP contribution in [0.2, 0.25) is 0 Å². The van der Waals surface area contributed by atoms with Gasteiger partial charge in [-0.25, -0.2) is 19.3 Å². The highest BCUT2D eigenvalue weighted by Gasteiger charge is 2.30. The SMILES string of the molecule is COC(=O)c1ccc2c(c1)C=C(CCNCc1ccccc1)C(C#CCN(C(=O)OCc1ccccc1)C(=O)OC(C)(C)C)N2Cc1ccccc1. The minimum Gasteiger partial charge on any atom is -0.465 e. The quantitative estimate of drug-likeness (QED) is 0.0728. The zero-order chi connectivity index (χ0) is 36.9. The Balaban J connectivity index is 1.47. The van der Waals surface area contributed by atoms with E-state index in [0.29, 0.717) is 31.6 Å². The van der Waals surface area contributed by atoms with Crippen molar-refractivity contribution < 1.29 is 28.6 Å². The van der Waals surface area contributed by atoms with Gasteiger partial charge in [0.15, 0.2) is 0 Å². The highest BCUT2D eigenvalue weighted by atomic mass is 16.6. The van der Waals surface area contributed by atoms with Gasteiger partial charge in [0, 0.05) is 18.8 Å². The number of anilines is 1. The molecule has 0 radical (unpaired) electrons. The van der Waals surface area contributed by atoms with Crippen LogP contribution in [-0.4, -0.2) is 54.9 Å². The molecule has 1 N–H and O–H groups in total. The first kappa shape index (κ1) is 37.4. The number of methoxy groups -OCH3 is 1. The first-order valence-corrected chi connectivity index (χ1v) is 17.3. The van der Waals surface area contributed by atoms with Crippen molar-refractivity contribution in [2.75, 3.05) is 25.1 Å². The van der Waals surface area contributed by atoms with Gasteiger partial charge in [0.25, 0.3) is 0 Å². The zero-order valence-corrected chi connectivity index (χ0v) is 30.1. The van der Waals surface area contributed by atoms with Crippen LogP contribution in [0.4, 0.5) is 15.3 Å². The number of rotatable bonds is 11. The third-order valence-corrected chi connectivity index (χ3v) is 8.24. The van der Waals surface area contributed by atoms with Crippen LogP contribution in [0.25, 0.3) is 6.08 Å². The van der Waals surface area contributed by atoms with E-state index in [9.17, 15) is 14.4 Å². The molecule has 1 atom stereocenters. The van der Waals surface area contributed by atoms with E-state index in [1.807, 2.05) is 78.9 Å². The number of imide groups is 1. The molecule has 1 unspecified atom stereocenters. The van der Waals surface area contributed by atoms with E-state index in [2.05, 4.69) is 52.4 Å². The maximum atomic E-state index is 13.3. The number of nitrogens with one attached hydrogen (secondary N) is 1. The highest BCUT2D eigenvalue weighted by Crippen LogP contribution is 2.36. The minimum absolute atomic E-state index is 0.00685. The maximum Gasteiger partial charge on any atom is 0.420 e. The Bertz CT molecular complexity index is 1910. The predicted molar refractivity (Wildman–Crippen MR) is 202 cm³/mol. The van der Waals surface area contributed by atoms with Gasteiger partial charge in [-0.1, -0.05) is 109 Å². The molecular weight excluding hydrogens is 654 g/mol. The molecule has 0 aromatic heterocycles. The number of amides is 2. The summed E-state index contributed by atoms with van der Waals surface area (Å²) in [5.74, 6) is 6.11. The van der Waals surface area contributed by atoms with Gasteiger partial charge in [-0.15, -0.1) is 0 Å². The molecule has 0 saturated heterocycles. The first-order valence-electron chi connectivity index (χ1n) is 17.3. The first-order chi connectivity index (χ1) is 25.1. The maximum absolute atomic E-state index is 13.3. The molecule has 4 aromatic carbocycles. The van der Waals surface area contributed by atoms with Crippen molar-refractivity contribution >= 4 is 29.9 Å². The molecule has 1 heterocycles. The second kappa shape index (κ2) is 17.9. The van der Waals surface area contributed by atoms with E-state index < -0.39 is 29.8 Å². The average molecular weight is 700 g/mol. The molecule has 1 aliphatic heterocycles. The third-order valence-electron chi connectivity index (χ3n) is 8.24. The lowest BCUT2D eigenvalue weighted by molar-refractivity contribution is 0.0234. The Morgan fingerprint density at radius 3 is 2.10 bits per heavy atom. The van der Waals surface area contributed by atoms with E-state index in [0.717, 1.165) is 32.9 Å². The second-order valence-electron chi connectivity index (χ2n) is 13.3. The minimum atomic E-state index is -0.848. The van der Waals surface area contributed by atoms with Gasteiger partial charge < -0.3 is 24.4 Å². The second-order valence-corrected chi connectivity index (χ2v) is 13.3. The van der Waals surface area contributed by atoms with Gasteiger partial charge in [0.2, 0.25) is 0 Å². The van der Waals surface area contributed by atoms with Crippen LogP contribution in [-0.2, 0) is 33.9 Å². The van der Waals surface area contributed by atoms with Gasteiger partial charge in [0.05, 0.1) is 19.2 Å². The Morgan fingerprint density at radius 1 is 0.827 bits per heavy atom. The molecule has 268 valence electrons. The fraction of sp³-hybridized carbons (Fsp3) is 0.279. The molecule has 52 heavy (non-hydrogen) atoms. The number of hydrogen-bond donors (Lipinski definition) is 1. The molecule has 0 saturated carbocycles. The summed E-state index contributed by atoms with van der Waals surface area (Å²) < 4.78 is 16.1. The molecule has 9 nitrogen and oxygen atoms in total. The van der Waals surface area contributed by atoms with Crippen LogP contribution in [0.15, 0.2) is 115 Å². The Morgan fingerprint density at radius 2 is 1.46 bits per heavy atom. The van der Waals surface area contributed by atoms with Crippen LogP contribution in [0.3, 0.4) is 0 Å². The third kappa shape index (κ3) is 10.6. The van der Waals surface area contributed by atoms with Crippen LogP contribution < -0.4 is 10.2 Å². The normalized spacial score (nSPS) is 13.5. The van der Waals surface area contributed by atoms with Crippen LogP contribution >= 0.6 is 0 Å². The van der Waals surface area contributed by atoms with Gasteiger partial charge >= 0.3 is 18.2 Å². The van der Waals surface area contributed by atoms with E-state index in [-0.39, 0.29) is 13.2 Å². The largest absolute Gasteiger partial charge is 0.465 e. The number of hydrogen-bond acceptors (Lipinski definition) is 8. The summed E-state index contributed by atoms with van der Waals surface area (Å²) in [5, 5.41) is 3.54. The average Bonchev–Trinajstić information content (AvgIpc) is 3.14. The smallest absolute Gasteiger partial charge is 0.420 e. The highest BCUT2D eigenvalue weighted by molar-refractivity contribution is 5.92. The molecule has 0 aliphatic carbocycles. The van der Waals surface area contributed by atoms with Crippen molar-refractivity contribution in [1.82, 2.24) is 10.2 Å². The topological polar surface area (TPSA) is 97.4 Å². The molecule has 0 spiro atoms. The lowest BCUT2D eigenvalue weighted by Gasteiger charge is -2.37. The van der Waals surface area contributed by atoms with E-state index in [1.54, 1.807) is 26.8 Å². The predicted octanol–water partition coefficient (Wildman–Crippen LogP) is 8.00. The van der Waals surface area contributed by atoms with Crippen LogP contribution in [0.5, 0.6) is 0 Å². The molecule has 4 aromatic rings. The summed E-state index contributed by atoms with van der Waals surface area (Å²) in [6.45, 7) is 6.85. The number of benzene rings is 4. The van der Waals surface area contributed by atoms with Crippen molar-refractivity contribution in [3.8, 4) is 11.8 Å². The van der Waals surface area contributed by atoms with E-state index in [1.165, 1.54) is 12.7 Å². The summed E-state index contributed by atoms with van der Waals surface area (Å²) in [6, 6.07) is 34.6. The monoisotopic (exact) mass is 699 g/mol. The lowest BCUT2D eigenvalue weighted by atomic mass is 9.91. The number of esters is 1. The van der Waals surface area contributed by atoms with Crippen molar-refractivity contribution in [2.45, 2.75) is 58.5 Å². The van der Waals surface area contributed by atoms with E-state index >= 15 is 0 Å².